The zero-order chi connectivity index (χ0) is 13.2. The van der Waals surface area contributed by atoms with Crippen molar-refractivity contribution in [3.05, 3.63) is 70.8 Å². The zero-order valence-corrected chi connectivity index (χ0v) is 10.1. The second-order valence-electron chi connectivity index (χ2n) is 5.29. The van der Waals surface area contributed by atoms with Crippen molar-refractivity contribution >= 4 is 0 Å². The van der Waals surface area contributed by atoms with E-state index < -0.39 is 23.9 Å². The average Bonchev–Trinajstić information content (AvgIpc) is 3.02. The Kier molecular flexibility index (Phi) is 2.00. The Morgan fingerprint density at radius 3 is 1.53 bits per heavy atom. The van der Waals surface area contributed by atoms with Crippen molar-refractivity contribution in [2.24, 2.45) is 0 Å². The number of aliphatic hydroxyl groups excluding tert-OH is 1. The fourth-order valence-electron chi connectivity index (χ4n) is 3.35. The molecule has 1 N–H and O–H groups in total. The molecule has 1 nitrogen and oxygen atoms in total. The van der Waals surface area contributed by atoms with E-state index >= 15 is 0 Å². The van der Waals surface area contributed by atoms with E-state index in [4.69, 9.17) is 0 Å². The average molecular weight is 258 g/mol. The molecule has 0 heterocycles. The van der Waals surface area contributed by atoms with Crippen LogP contribution in [0.25, 0.3) is 0 Å². The first-order valence-corrected chi connectivity index (χ1v) is 6.36. The van der Waals surface area contributed by atoms with Gasteiger partial charge in [0.05, 0.1) is 11.8 Å². The molecule has 2 aliphatic carbocycles. The quantitative estimate of drug-likeness (QED) is 0.765. The highest BCUT2D eigenvalue weighted by molar-refractivity contribution is 5.55. The molecule has 0 bridgehead atoms. The van der Waals surface area contributed by atoms with Crippen LogP contribution in [0.3, 0.4) is 0 Å². The van der Waals surface area contributed by atoms with E-state index in [9.17, 15) is 13.9 Å². The molecule has 3 heteroatoms. The monoisotopic (exact) mass is 258 g/mol. The molecule has 0 spiro atoms. The molecule has 19 heavy (non-hydrogen) atoms. The first-order chi connectivity index (χ1) is 9.12. The summed E-state index contributed by atoms with van der Waals surface area (Å²) in [4.78, 5) is 0. The van der Waals surface area contributed by atoms with E-state index in [-0.39, 0.29) is 0 Å². The molecule has 0 radical (unpaired) electrons. The number of hydrogen-bond donors (Lipinski definition) is 1. The van der Waals surface area contributed by atoms with Gasteiger partial charge < -0.3 is 5.11 Å². The molecule has 2 aromatic carbocycles. The van der Waals surface area contributed by atoms with Gasteiger partial charge in [0, 0.05) is 0 Å². The van der Waals surface area contributed by atoms with E-state index in [2.05, 4.69) is 0 Å². The summed E-state index contributed by atoms with van der Waals surface area (Å²) >= 11 is 0. The van der Waals surface area contributed by atoms with Gasteiger partial charge in [0.2, 0.25) is 0 Å². The van der Waals surface area contributed by atoms with Crippen LogP contribution in [0, 0.1) is 0 Å². The highest BCUT2D eigenvalue weighted by atomic mass is 19.3. The standard InChI is InChI=1S/C16H12F2O/c17-16(18)13-9-5-1-3-7-11(9)15(19)12-8-4-2-6-10(12)14(13)16/h1-8,13-15,19H/t13-,14+,15+. The highest BCUT2D eigenvalue weighted by Crippen LogP contribution is 2.69. The molecule has 0 aromatic heterocycles. The van der Waals surface area contributed by atoms with Gasteiger partial charge in [-0.3, -0.25) is 0 Å². The summed E-state index contributed by atoms with van der Waals surface area (Å²) in [7, 11) is 0. The van der Waals surface area contributed by atoms with Crippen molar-refractivity contribution in [3.63, 3.8) is 0 Å². The number of aliphatic hydroxyl groups is 1. The molecule has 0 amide bonds. The second kappa shape index (κ2) is 3.42. The number of rotatable bonds is 0. The van der Waals surface area contributed by atoms with Gasteiger partial charge in [0.25, 0.3) is 5.92 Å². The Morgan fingerprint density at radius 2 is 1.11 bits per heavy atom. The largest absolute Gasteiger partial charge is 0.384 e. The maximum absolute atomic E-state index is 14.1. The van der Waals surface area contributed by atoms with E-state index in [1.165, 1.54) is 0 Å². The van der Waals surface area contributed by atoms with Crippen LogP contribution in [-0.2, 0) is 0 Å². The van der Waals surface area contributed by atoms with Gasteiger partial charge in [-0.05, 0) is 22.3 Å². The molecule has 96 valence electrons. The lowest BCUT2D eigenvalue weighted by atomic mass is 9.94. The molecule has 0 unspecified atom stereocenters. The Bertz CT molecular complexity index is 610. The predicted octanol–water partition coefficient (Wildman–Crippen LogP) is 3.60. The molecule has 0 saturated heterocycles. The zero-order valence-electron chi connectivity index (χ0n) is 10.1. The van der Waals surface area contributed by atoms with Gasteiger partial charge in [-0.1, -0.05) is 48.5 Å². The number of hydrogen-bond acceptors (Lipinski definition) is 1. The fraction of sp³-hybridized carbons (Fsp3) is 0.250. The summed E-state index contributed by atoms with van der Waals surface area (Å²) < 4.78 is 28.2. The van der Waals surface area contributed by atoms with Crippen LogP contribution in [0.5, 0.6) is 0 Å². The summed E-state index contributed by atoms with van der Waals surface area (Å²) in [6, 6.07) is 14.0. The van der Waals surface area contributed by atoms with E-state index in [1.807, 2.05) is 0 Å². The van der Waals surface area contributed by atoms with Gasteiger partial charge in [-0.2, -0.15) is 0 Å². The molecule has 3 atom stereocenters. The van der Waals surface area contributed by atoms with Crippen LogP contribution in [0.15, 0.2) is 48.5 Å². The van der Waals surface area contributed by atoms with Crippen molar-refractivity contribution in [3.8, 4) is 0 Å². The maximum atomic E-state index is 14.1. The van der Waals surface area contributed by atoms with Gasteiger partial charge >= 0.3 is 0 Å². The number of halogens is 2. The second-order valence-corrected chi connectivity index (χ2v) is 5.29. The van der Waals surface area contributed by atoms with Gasteiger partial charge in [0.1, 0.15) is 6.10 Å². The molecular formula is C16H12F2O. The van der Waals surface area contributed by atoms with Crippen LogP contribution >= 0.6 is 0 Å². The van der Waals surface area contributed by atoms with Crippen LogP contribution in [0.2, 0.25) is 0 Å². The fourth-order valence-corrected chi connectivity index (χ4v) is 3.35. The molecule has 2 aliphatic rings. The molecular weight excluding hydrogens is 246 g/mol. The molecule has 4 rings (SSSR count). The van der Waals surface area contributed by atoms with Crippen LogP contribution in [-0.4, -0.2) is 11.0 Å². The van der Waals surface area contributed by atoms with Crippen LogP contribution < -0.4 is 0 Å². The first kappa shape index (κ1) is 11.1. The topological polar surface area (TPSA) is 20.2 Å². The lowest BCUT2D eigenvalue weighted by Crippen LogP contribution is -2.08. The summed E-state index contributed by atoms with van der Waals surface area (Å²) in [5.41, 5.74) is 2.39. The lowest BCUT2D eigenvalue weighted by molar-refractivity contribution is 0.103. The number of benzene rings is 2. The van der Waals surface area contributed by atoms with Gasteiger partial charge in [-0.25, -0.2) is 8.78 Å². The van der Waals surface area contributed by atoms with Crippen molar-refractivity contribution in [2.45, 2.75) is 23.9 Å². The molecule has 1 saturated carbocycles. The Balaban J connectivity index is 2.02. The third-order valence-electron chi connectivity index (χ3n) is 4.30. The van der Waals surface area contributed by atoms with Crippen molar-refractivity contribution in [1.82, 2.24) is 0 Å². The maximum Gasteiger partial charge on any atom is 0.263 e. The van der Waals surface area contributed by atoms with Gasteiger partial charge in [0.15, 0.2) is 0 Å². The van der Waals surface area contributed by atoms with Crippen LogP contribution in [0.1, 0.15) is 40.2 Å². The summed E-state index contributed by atoms with van der Waals surface area (Å²) in [6.45, 7) is 0. The Labute approximate surface area is 109 Å². The predicted molar refractivity (Wildman–Crippen MR) is 67.4 cm³/mol. The van der Waals surface area contributed by atoms with Gasteiger partial charge in [-0.15, -0.1) is 0 Å². The summed E-state index contributed by atoms with van der Waals surface area (Å²) in [5.74, 6) is -4.28. The summed E-state index contributed by atoms with van der Waals surface area (Å²) in [6.07, 6.45) is -0.809. The number of fused-ring (bicyclic) bond motifs is 5. The minimum Gasteiger partial charge on any atom is -0.384 e. The molecule has 0 aliphatic heterocycles. The SMILES string of the molecule is O[C@H]1c2ccccc2[C@@H]2[C@H](c3ccccc31)C2(F)F. The normalized spacial score (nSPS) is 29.7. The number of alkyl halides is 2. The third kappa shape index (κ3) is 1.31. The minimum atomic E-state index is -2.70. The first-order valence-electron chi connectivity index (χ1n) is 6.36. The van der Waals surface area contributed by atoms with Crippen molar-refractivity contribution in [1.29, 1.82) is 0 Å². The Morgan fingerprint density at radius 1 is 0.737 bits per heavy atom. The van der Waals surface area contributed by atoms with E-state index in [1.54, 1.807) is 48.5 Å². The highest BCUT2D eigenvalue weighted by Gasteiger charge is 2.71. The summed E-state index contributed by atoms with van der Waals surface area (Å²) in [5, 5.41) is 10.5. The van der Waals surface area contributed by atoms with Crippen molar-refractivity contribution < 1.29 is 13.9 Å². The van der Waals surface area contributed by atoms with Crippen LogP contribution in [0.4, 0.5) is 8.78 Å². The van der Waals surface area contributed by atoms with E-state index in [0.29, 0.717) is 22.3 Å². The van der Waals surface area contributed by atoms with E-state index in [0.717, 1.165) is 0 Å². The lowest BCUT2D eigenvalue weighted by Gasteiger charge is -2.17. The third-order valence-corrected chi connectivity index (χ3v) is 4.30. The van der Waals surface area contributed by atoms with Crippen molar-refractivity contribution in [2.75, 3.05) is 0 Å². The Hall–Kier alpha value is -1.74. The minimum absolute atomic E-state index is 0.584. The molecule has 2 aromatic rings. The smallest absolute Gasteiger partial charge is 0.263 e. The molecule has 1 fully saturated rings.